The summed E-state index contributed by atoms with van der Waals surface area (Å²) in [6, 6.07) is 0. The fourth-order valence-corrected chi connectivity index (χ4v) is 6.99. The predicted octanol–water partition coefficient (Wildman–Crippen LogP) is 6.41. The molecule has 0 saturated heterocycles. The van der Waals surface area contributed by atoms with Gasteiger partial charge in [0, 0.05) is 24.6 Å². The number of ether oxygens (including phenoxy) is 1. The molecule has 0 unspecified atom stereocenters. The second-order valence-corrected chi connectivity index (χ2v) is 11.9. The highest BCUT2D eigenvalue weighted by molar-refractivity contribution is 8.77. The monoisotopic (exact) mass is 470 g/mol. The molecule has 0 aromatic rings. The first-order valence-corrected chi connectivity index (χ1v) is 15.8. The Bertz CT molecular complexity index is 321. The summed E-state index contributed by atoms with van der Waals surface area (Å²) in [6.07, 6.45) is 11.9. The quantitative estimate of drug-likeness (QED) is 0.0843. The Kier molecular flexibility index (Phi) is 24.7. The summed E-state index contributed by atoms with van der Waals surface area (Å²) in [5.41, 5.74) is 5.38. The van der Waals surface area contributed by atoms with Crippen molar-refractivity contribution in [2.24, 2.45) is 5.73 Å². The van der Waals surface area contributed by atoms with E-state index in [9.17, 15) is 4.79 Å². The van der Waals surface area contributed by atoms with Gasteiger partial charge in [0.2, 0.25) is 0 Å². The number of esters is 1. The van der Waals surface area contributed by atoms with Crippen molar-refractivity contribution in [1.82, 2.24) is 4.90 Å². The third-order valence-corrected chi connectivity index (χ3v) is 8.85. The van der Waals surface area contributed by atoms with Crippen LogP contribution in [0.25, 0.3) is 0 Å². The standard InChI is InChI=1S/C20H42N2O2S4/c1-3-5-7-9-16-25-27-18-22(14-11-15-24-20(23)12-13-21)19-28-26-17-10-8-6-4-2/h3-19,21H2,1-2H3. The van der Waals surface area contributed by atoms with E-state index in [1.54, 1.807) is 0 Å². The Hall–Kier alpha value is 0.790. The molecule has 0 aliphatic rings. The van der Waals surface area contributed by atoms with Crippen LogP contribution in [0.1, 0.15) is 78.1 Å². The third kappa shape index (κ3) is 21.5. The molecule has 0 saturated carbocycles. The first-order valence-electron chi connectivity index (χ1n) is 10.8. The molecule has 0 aromatic heterocycles. The molecule has 0 bridgehead atoms. The number of hydrogen-bond acceptors (Lipinski definition) is 8. The maximum Gasteiger partial charge on any atom is 0.307 e. The molecule has 0 atom stereocenters. The van der Waals surface area contributed by atoms with Crippen LogP contribution >= 0.6 is 43.2 Å². The summed E-state index contributed by atoms with van der Waals surface area (Å²) in [6.45, 7) is 6.35. The third-order valence-electron chi connectivity index (χ3n) is 4.03. The van der Waals surface area contributed by atoms with Gasteiger partial charge in [0.15, 0.2) is 0 Å². The van der Waals surface area contributed by atoms with Gasteiger partial charge in [-0.25, -0.2) is 0 Å². The van der Waals surface area contributed by atoms with Gasteiger partial charge in [-0.15, -0.1) is 0 Å². The lowest BCUT2D eigenvalue weighted by atomic mass is 10.2. The van der Waals surface area contributed by atoms with Crippen LogP contribution in [-0.4, -0.2) is 53.8 Å². The normalized spacial score (nSPS) is 11.3. The lowest BCUT2D eigenvalue weighted by Crippen LogP contribution is -2.25. The van der Waals surface area contributed by atoms with E-state index in [1.807, 2.05) is 43.2 Å². The zero-order valence-electron chi connectivity index (χ0n) is 18.0. The Morgan fingerprint density at radius 1 is 0.821 bits per heavy atom. The second-order valence-electron chi connectivity index (χ2n) is 6.77. The van der Waals surface area contributed by atoms with Crippen LogP contribution in [0.2, 0.25) is 0 Å². The van der Waals surface area contributed by atoms with E-state index in [2.05, 4.69) is 18.7 Å². The van der Waals surface area contributed by atoms with E-state index in [4.69, 9.17) is 10.5 Å². The highest BCUT2D eigenvalue weighted by Gasteiger charge is 2.07. The van der Waals surface area contributed by atoms with Gasteiger partial charge in [-0.05, 0) is 19.3 Å². The van der Waals surface area contributed by atoms with E-state index >= 15 is 0 Å². The van der Waals surface area contributed by atoms with Crippen molar-refractivity contribution >= 4 is 49.1 Å². The van der Waals surface area contributed by atoms with Gasteiger partial charge < -0.3 is 10.5 Å². The minimum Gasteiger partial charge on any atom is -0.466 e. The number of carbonyl (C=O) groups is 1. The molecule has 8 heteroatoms. The van der Waals surface area contributed by atoms with Crippen molar-refractivity contribution in [3.05, 3.63) is 0 Å². The van der Waals surface area contributed by atoms with Crippen LogP contribution in [0.4, 0.5) is 0 Å². The van der Waals surface area contributed by atoms with Gasteiger partial charge >= 0.3 is 5.97 Å². The molecule has 0 aromatic carbocycles. The van der Waals surface area contributed by atoms with Gasteiger partial charge in [-0.1, -0.05) is 95.5 Å². The van der Waals surface area contributed by atoms with Gasteiger partial charge in [-0.3, -0.25) is 9.69 Å². The zero-order valence-corrected chi connectivity index (χ0v) is 21.3. The van der Waals surface area contributed by atoms with E-state index in [0.717, 1.165) is 24.7 Å². The Morgan fingerprint density at radius 2 is 1.39 bits per heavy atom. The van der Waals surface area contributed by atoms with Crippen molar-refractivity contribution in [2.75, 3.05) is 43.0 Å². The Balaban J connectivity index is 3.90. The summed E-state index contributed by atoms with van der Waals surface area (Å²) in [5.74, 6) is 4.39. The van der Waals surface area contributed by atoms with Crippen molar-refractivity contribution in [2.45, 2.75) is 78.1 Å². The molecule has 0 amide bonds. The first-order chi connectivity index (χ1) is 13.7. The Morgan fingerprint density at radius 3 is 1.89 bits per heavy atom. The van der Waals surface area contributed by atoms with Crippen molar-refractivity contribution in [1.29, 1.82) is 0 Å². The van der Waals surface area contributed by atoms with Crippen molar-refractivity contribution in [3.63, 3.8) is 0 Å². The van der Waals surface area contributed by atoms with Crippen LogP contribution in [0.15, 0.2) is 0 Å². The van der Waals surface area contributed by atoms with Gasteiger partial charge in [0.1, 0.15) is 0 Å². The molecule has 28 heavy (non-hydrogen) atoms. The van der Waals surface area contributed by atoms with Gasteiger partial charge in [0.25, 0.3) is 0 Å². The molecule has 0 aliphatic heterocycles. The number of hydrogen-bond donors (Lipinski definition) is 1. The topological polar surface area (TPSA) is 55.6 Å². The fraction of sp³-hybridized carbons (Fsp3) is 0.950. The van der Waals surface area contributed by atoms with E-state index < -0.39 is 0 Å². The van der Waals surface area contributed by atoms with Crippen molar-refractivity contribution < 1.29 is 9.53 Å². The molecule has 0 heterocycles. The van der Waals surface area contributed by atoms with E-state index in [1.165, 1.54) is 62.9 Å². The van der Waals surface area contributed by atoms with Crippen molar-refractivity contribution in [3.8, 4) is 0 Å². The number of nitrogens with zero attached hydrogens (tertiary/aromatic N) is 1. The SMILES string of the molecule is CCCCCCSSCN(CCCOC(=O)CCN)CSSCCCCCC. The number of carbonyl (C=O) groups excluding carboxylic acids is 1. The van der Waals surface area contributed by atoms with Crippen LogP contribution in [0, 0.1) is 0 Å². The van der Waals surface area contributed by atoms with Crippen LogP contribution < -0.4 is 5.73 Å². The molecule has 2 N–H and O–H groups in total. The smallest absolute Gasteiger partial charge is 0.307 e. The summed E-state index contributed by atoms with van der Waals surface area (Å²) in [4.78, 5) is 13.9. The minimum atomic E-state index is -0.178. The first kappa shape index (κ1) is 28.8. The summed E-state index contributed by atoms with van der Waals surface area (Å²) in [7, 11) is 7.92. The van der Waals surface area contributed by atoms with Crippen LogP contribution in [-0.2, 0) is 9.53 Å². The Labute approximate surface area is 189 Å². The summed E-state index contributed by atoms with van der Waals surface area (Å²) in [5, 5.41) is 0. The molecule has 0 fully saturated rings. The molecule has 0 radical (unpaired) electrons. The minimum absolute atomic E-state index is 0.178. The lowest BCUT2D eigenvalue weighted by Gasteiger charge is -2.20. The molecular formula is C20H42N2O2S4. The number of unbranched alkanes of at least 4 members (excludes halogenated alkanes) is 6. The molecule has 0 rings (SSSR count). The van der Waals surface area contributed by atoms with Gasteiger partial charge in [0.05, 0.1) is 24.8 Å². The van der Waals surface area contributed by atoms with Gasteiger partial charge in [-0.2, -0.15) is 0 Å². The largest absolute Gasteiger partial charge is 0.466 e. The molecular weight excluding hydrogens is 429 g/mol. The zero-order chi connectivity index (χ0) is 20.7. The molecule has 168 valence electrons. The lowest BCUT2D eigenvalue weighted by molar-refractivity contribution is -0.143. The number of rotatable bonds is 22. The molecule has 4 nitrogen and oxygen atoms in total. The average molecular weight is 471 g/mol. The molecule has 0 aliphatic carbocycles. The highest BCUT2D eigenvalue weighted by atomic mass is 33.1. The second kappa shape index (κ2) is 24.1. The van der Waals surface area contributed by atoms with Crippen LogP contribution in [0.5, 0.6) is 0 Å². The highest BCUT2D eigenvalue weighted by Crippen LogP contribution is 2.28. The summed E-state index contributed by atoms with van der Waals surface area (Å²) >= 11 is 0. The van der Waals surface area contributed by atoms with E-state index in [0.29, 0.717) is 19.6 Å². The average Bonchev–Trinajstić information content (AvgIpc) is 2.69. The fourth-order valence-electron chi connectivity index (χ4n) is 2.35. The summed E-state index contributed by atoms with van der Waals surface area (Å²) < 4.78 is 5.22. The van der Waals surface area contributed by atoms with Crippen LogP contribution in [0.3, 0.4) is 0 Å². The predicted molar refractivity (Wildman–Crippen MR) is 134 cm³/mol. The maximum atomic E-state index is 11.4. The number of nitrogens with two attached hydrogens (primary N) is 1. The van der Waals surface area contributed by atoms with E-state index in [-0.39, 0.29) is 5.97 Å². The molecule has 0 spiro atoms. The maximum absolute atomic E-state index is 11.4.